The van der Waals surface area contributed by atoms with Crippen LogP contribution in [0.25, 0.3) is 0 Å². The fraction of sp³-hybridized carbons (Fsp3) is 0.500. The van der Waals surface area contributed by atoms with E-state index in [4.69, 9.17) is 0 Å². The third-order valence-corrected chi connectivity index (χ3v) is 5.59. The quantitative estimate of drug-likeness (QED) is 0.698. The summed E-state index contributed by atoms with van der Waals surface area (Å²) in [7, 11) is 1.35. The SMILES string of the molecule is CNC(=O)C(NC(=O)CCN1C(=O)C2CCCCC2C1=O)c1ccc(F)c(F)c1. The number of hydrogen-bond donors (Lipinski definition) is 2. The van der Waals surface area contributed by atoms with Crippen LogP contribution in [0.15, 0.2) is 18.2 Å². The van der Waals surface area contributed by atoms with Crippen LogP contribution >= 0.6 is 0 Å². The van der Waals surface area contributed by atoms with Gasteiger partial charge in [0.05, 0.1) is 11.8 Å². The van der Waals surface area contributed by atoms with E-state index in [1.807, 2.05) is 0 Å². The minimum Gasteiger partial charge on any atom is -0.357 e. The molecule has 0 radical (unpaired) electrons. The number of hydrogen-bond acceptors (Lipinski definition) is 4. The minimum atomic E-state index is -1.23. The van der Waals surface area contributed by atoms with E-state index < -0.39 is 29.5 Å². The predicted octanol–water partition coefficient (Wildman–Crippen LogP) is 1.43. The highest BCUT2D eigenvalue weighted by Crippen LogP contribution is 2.37. The molecule has 156 valence electrons. The molecule has 1 aromatic rings. The first-order valence-electron chi connectivity index (χ1n) is 9.64. The number of rotatable bonds is 6. The summed E-state index contributed by atoms with van der Waals surface area (Å²) in [5, 5.41) is 4.82. The van der Waals surface area contributed by atoms with Crippen molar-refractivity contribution in [2.24, 2.45) is 11.8 Å². The van der Waals surface area contributed by atoms with Gasteiger partial charge in [-0.1, -0.05) is 18.9 Å². The third-order valence-electron chi connectivity index (χ3n) is 5.59. The van der Waals surface area contributed by atoms with Crippen LogP contribution in [-0.4, -0.2) is 42.1 Å². The Bertz CT molecular complexity index is 821. The largest absolute Gasteiger partial charge is 0.357 e. The molecule has 29 heavy (non-hydrogen) atoms. The molecule has 0 aromatic heterocycles. The second-order valence-corrected chi connectivity index (χ2v) is 7.36. The van der Waals surface area contributed by atoms with Gasteiger partial charge in [0.2, 0.25) is 23.6 Å². The van der Waals surface area contributed by atoms with Crippen molar-refractivity contribution in [1.82, 2.24) is 15.5 Å². The van der Waals surface area contributed by atoms with Crippen molar-refractivity contribution in [2.45, 2.75) is 38.1 Å². The fourth-order valence-corrected chi connectivity index (χ4v) is 4.03. The molecule has 0 bridgehead atoms. The van der Waals surface area contributed by atoms with E-state index in [9.17, 15) is 28.0 Å². The summed E-state index contributed by atoms with van der Waals surface area (Å²) >= 11 is 0. The molecule has 2 fully saturated rings. The second-order valence-electron chi connectivity index (χ2n) is 7.36. The maximum Gasteiger partial charge on any atom is 0.246 e. The summed E-state index contributed by atoms with van der Waals surface area (Å²) in [4.78, 5) is 50.6. The molecule has 2 aliphatic rings. The van der Waals surface area contributed by atoms with Crippen molar-refractivity contribution in [3.63, 3.8) is 0 Å². The number of amides is 4. The average molecular weight is 407 g/mol. The number of nitrogens with one attached hydrogen (secondary N) is 2. The zero-order chi connectivity index (χ0) is 21.1. The number of fused-ring (bicyclic) bond motifs is 1. The lowest BCUT2D eigenvalue weighted by Crippen LogP contribution is -2.41. The maximum atomic E-state index is 13.5. The van der Waals surface area contributed by atoms with E-state index in [2.05, 4.69) is 10.6 Å². The van der Waals surface area contributed by atoms with Gasteiger partial charge < -0.3 is 10.6 Å². The Hall–Kier alpha value is -2.84. The summed E-state index contributed by atoms with van der Waals surface area (Å²) in [5.74, 6) is -4.46. The normalized spacial score (nSPS) is 22.2. The van der Waals surface area contributed by atoms with E-state index in [1.54, 1.807) is 0 Å². The van der Waals surface area contributed by atoms with Gasteiger partial charge in [-0.15, -0.1) is 0 Å². The van der Waals surface area contributed by atoms with Crippen LogP contribution < -0.4 is 10.6 Å². The molecule has 0 spiro atoms. The summed E-state index contributed by atoms with van der Waals surface area (Å²) in [6.45, 7) is -0.0747. The highest BCUT2D eigenvalue weighted by Gasteiger charge is 2.47. The summed E-state index contributed by atoms with van der Waals surface area (Å²) in [5.41, 5.74) is 0.0796. The maximum absolute atomic E-state index is 13.5. The number of likely N-dealkylation sites (N-methyl/N-ethyl adjacent to an activating group) is 1. The van der Waals surface area contributed by atoms with Gasteiger partial charge in [-0.3, -0.25) is 24.1 Å². The first-order chi connectivity index (χ1) is 13.8. The lowest BCUT2D eigenvalue weighted by molar-refractivity contribution is -0.140. The van der Waals surface area contributed by atoms with Crippen LogP contribution in [0.1, 0.15) is 43.7 Å². The highest BCUT2D eigenvalue weighted by molar-refractivity contribution is 6.05. The highest BCUT2D eigenvalue weighted by atomic mass is 19.2. The molecule has 3 rings (SSSR count). The Kier molecular flexibility index (Phi) is 6.24. The topological polar surface area (TPSA) is 95.6 Å². The number of benzene rings is 1. The molecular formula is C20H23F2N3O4. The lowest BCUT2D eigenvalue weighted by Gasteiger charge is -2.19. The monoisotopic (exact) mass is 407 g/mol. The van der Waals surface area contributed by atoms with Gasteiger partial charge in [0.25, 0.3) is 0 Å². The van der Waals surface area contributed by atoms with Gasteiger partial charge in [0.1, 0.15) is 6.04 Å². The van der Waals surface area contributed by atoms with Gasteiger partial charge >= 0.3 is 0 Å². The number of carbonyl (C=O) groups is 4. The number of imide groups is 1. The van der Waals surface area contributed by atoms with Crippen molar-refractivity contribution in [2.75, 3.05) is 13.6 Å². The average Bonchev–Trinajstić information content (AvgIpc) is 2.96. The zero-order valence-corrected chi connectivity index (χ0v) is 16.0. The Balaban J connectivity index is 1.64. The molecule has 9 heteroatoms. The molecule has 3 atom stereocenters. The van der Waals surface area contributed by atoms with Crippen molar-refractivity contribution in [1.29, 1.82) is 0 Å². The van der Waals surface area contributed by atoms with Crippen molar-refractivity contribution in [3.05, 3.63) is 35.4 Å². The standard InChI is InChI=1S/C20H23F2N3O4/c1-23-18(27)17(11-6-7-14(21)15(22)10-11)24-16(26)8-9-25-19(28)12-4-2-3-5-13(12)20(25)29/h6-7,10,12-13,17H,2-5,8-9H2,1H3,(H,23,27)(H,24,26). The van der Waals surface area contributed by atoms with E-state index in [1.165, 1.54) is 13.1 Å². The molecule has 1 aliphatic heterocycles. The molecule has 4 amide bonds. The number of likely N-dealkylation sites (tertiary alicyclic amines) is 1. The van der Waals surface area contributed by atoms with Crippen molar-refractivity contribution >= 4 is 23.6 Å². The predicted molar refractivity (Wildman–Crippen MR) is 98.1 cm³/mol. The van der Waals surface area contributed by atoms with Gasteiger partial charge in [-0.25, -0.2) is 8.78 Å². The van der Waals surface area contributed by atoms with Crippen LogP contribution in [0.2, 0.25) is 0 Å². The number of nitrogens with zero attached hydrogens (tertiary/aromatic N) is 1. The number of halogens is 2. The van der Waals surface area contributed by atoms with Gasteiger partial charge in [0.15, 0.2) is 11.6 Å². The van der Waals surface area contributed by atoms with Crippen LogP contribution in [0.5, 0.6) is 0 Å². The van der Waals surface area contributed by atoms with E-state index in [-0.39, 0.29) is 42.2 Å². The zero-order valence-electron chi connectivity index (χ0n) is 16.0. The molecule has 2 N–H and O–H groups in total. The molecule has 1 saturated heterocycles. The third kappa shape index (κ3) is 4.28. The van der Waals surface area contributed by atoms with Crippen molar-refractivity contribution in [3.8, 4) is 0 Å². The van der Waals surface area contributed by atoms with Crippen LogP contribution in [0, 0.1) is 23.5 Å². The molecule has 1 saturated carbocycles. The van der Waals surface area contributed by atoms with E-state index in [0.29, 0.717) is 12.8 Å². The van der Waals surface area contributed by atoms with Gasteiger partial charge in [0, 0.05) is 20.0 Å². The van der Waals surface area contributed by atoms with Crippen molar-refractivity contribution < 1.29 is 28.0 Å². The Morgan fingerprint density at radius 1 is 1.10 bits per heavy atom. The summed E-state index contributed by atoms with van der Waals surface area (Å²) < 4.78 is 26.7. The Morgan fingerprint density at radius 2 is 1.72 bits per heavy atom. The first-order valence-corrected chi connectivity index (χ1v) is 9.64. The molecule has 7 nitrogen and oxygen atoms in total. The van der Waals surface area contributed by atoms with E-state index in [0.717, 1.165) is 29.9 Å². The Labute approximate surface area is 166 Å². The van der Waals surface area contributed by atoms with E-state index >= 15 is 0 Å². The second kappa shape index (κ2) is 8.67. The van der Waals surface area contributed by atoms with Gasteiger partial charge in [-0.05, 0) is 30.5 Å². The van der Waals surface area contributed by atoms with Gasteiger partial charge in [-0.2, -0.15) is 0 Å². The molecule has 1 aromatic carbocycles. The van der Waals surface area contributed by atoms with Crippen LogP contribution in [-0.2, 0) is 19.2 Å². The molecule has 3 unspecified atom stereocenters. The Morgan fingerprint density at radius 3 is 2.28 bits per heavy atom. The van der Waals surface area contributed by atoms with Crippen LogP contribution in [0.3, 0.4) is 0 Å². The smallest absolute Gasteiger partial charge is 0.246 e. The number of carbonyl (C=O) groups excluding carboxylic acids is 4. The molecular weight excluding hydrogens is 384 g/mol. The van der Waals surface area contributed by atoms with Crippen LogP contribution in [0.4, 0.5) is 8.78 Å². The first kappa shape index (κ1) is 20.9. The molecule has 1 aliphatic carbocycles. The summed E-state index contributed by atoms with van der Waals surface area (Å²) in [6.07, 6.45) is 3.01. The fourth-order valence-electron chi connectivity index (χ4n) is 4.03. The molecule has 1 heterocycles. The lowest BCUT2D eigenvalue weighted by atomic mass is 9.81. The summed E-state index contributed by atoms with van der Waals surface area (Å²) in [6, 6.07) is 1.69. The minimum absolute atomic E-state index is 0.0747.